The zero-order valence-corrected chi connectivity index (χ0v) is 10.9. The molecule has 0 N–H and O–H groups in total. The summed E-state index contributed by atoms with van der Waals surface area (Å²) in [6.45, 7) is 1.96. The van der Waals surface area contributed by atoms with Gasteiger partial charge in [0.1, 0.15) is 0 Å². The number of Topliss-reactive ketones (excluding diaryl/α,β-unsaturated/α-hetero) is 1. The number of aryl methyl sites for hydroxylation is 1. The minimum absolute atomic E-state index is 0.0941. The van der Waals surface area contributed by atoms with Gasteiger partial charge in [-0.1, -0.05) is 34.2 Å². The summed E-state index contributed by atoms with van der Waals surface area (Å²) in [4.78, 5) is 13.3. The Balaban J connectivity index is 2.57. The Bertz CT molecular complexity index is 508. The summed E-state index contributed by atoms with van der Waals surface area (Å²) in [6.07, 6.45) is 3.19. The van der Waals surface area contributed by atoms with E-state index >= 15 is 0 Å². The van der Waals surface area contributed by atoms with E-state index in [4.69, 9.17) is 0 Å². The largest absolute Gasteiger partial charge is 0.293 e. The molecule has 2 aromatic rings. The number of carbonyl (C=O) groups excluding carboxylic acids is 1. The number of alkyl halides is 1. The Kier molecular flexibility index (Phi) is 3.33. The van der Waals surface area contributed by atoms with E-state index in [1.807, 2.05) is 25.1 Å². The summed E-state index contributed by atoms with van der Waals surface area (Å²) in [7, 11) is 0. The van der Waals surface area contributed by atoms with Crippen molar-refractivity contribution in [2.45, 2.75) is 6.92 Å². The minimum atomic E-state index is 0.0941. The molecule has 0 atom stereocenters. The zero-order valence-electron chi connectivity index (χ0n) is 8.72. The van der Waals surface area contributed by atoms with Gasteiger partial charge in [0.05, 0.1) is 22.5 Å². The lowest BCUT2D eigenvalue weighted by Gasteiger charge is -2.07. The molecule has 0 unspecified atom stereocenters. The summed E-state index contributed by atoms with van der Waals surface area (Å²) < 4.78 is 0.454. The Morgan fingerprint density at radius 2 is 2.06 bits per heavy atom. The Morgan fingerprint density at radius 1 is 1.38 bits per heavy atom. The maximum absolute atomic E-state index is 11.8. The van der Waals surface area contributed by atoms with E-state index in [0.29, 0.717) is 9.99 Å². The predicted octanol–water partition coefficient (Wildman–Crippen LogP) is 2.19. The number of carbonyl (C=O) groups is 1. The lowest BCUT2D eigenvalue weighted by molar-refractivity contribution is 0.102. The van der Waals surface area contributed by atoms with Crippen LogP contribution >= 0.6 is 22.6 Å². The second-order valence-corrected chi connectivity index (χ2v) is 4.16. The van der Waals surface area contributed by atoms with Crippen LogP contribution in [0.5, 0.6) is 0 Å². The van der Waals surface area contributed by atoms with E-state index in [-0.39, 0.29) is 5.78 Å². The lowest BCUT2D eigenvalue weighted by Crippen LogP contribution is -2.09. The normalized spacial score (nSPS) is 10.4. The van der Waals surface area contributed by atoms with E-state index in [0.717, 1.165) is 11.3 Å². The Hall–Kier alpha value is -1.24. The van der Waals surface area contributed by atoms with Crippen molar-refractivity contribution in [3.05, 3.63) is 41.7 Å². The molecule has 0 amide bonds. The van der Waals surface area contributed by atoms with Crippen molar-refractivity contribution in [1.82, 2.24) is 15.0 Å². The molecule has 1 heterocycles. The second kappa shape index (κ2) is 4.73. The average molecular weight is 327 g/mol. The molecular weight excluding hydrogens is 317 g/mol. The van der Waals surface area contributed by atoms with Gasteiger partial charge in [0.2, 0.25) is 0 Å². The first-order valence-electron chi connectivity index (χ1n) is 4.79. The standard InChI is InChI=1S/C11H10IN3O/c1-8-2-3-10(15-13-4-5-14-15)9(6-8)11(16)7-12/h2-6H,7H2,1H3. The minimum Gasteiger partial charge on any atom is -0.293 e. The molecule has 0 spiro atoms. The SMILES string of the molecule is Cc1ccc(-n2nccn2)c(C(=O)CI)c1. The number of ketones is 1. The van der Waals surface area contributed by atoms with Crippen LogP contribution in [0.3, 0.4) is 0 Å². The van der Waals surface area contributed by atoms with Gasteiger partial charge in [-0.2, -0.15) is 15.0 Å². The molecular formula is C11H10IN3O. The van der Waals surface area contributed by atoms with Gasteiger partial charge in [-0.15, -0.1) is 0 Å². The van der Waals surface area contributed by atoms with Crippen molar-refractivity contribution >= 4 is 28.4 Å². The van der Waals surface area contributed by atoms with Gasteiger partial charge < -0.3 is 0 Å². The van der Waals surface area contributed by atoms with Crippen LogP contribution in [0.25, 0.3) is 5.69 Å². The van der Waals surface area contributed by atoms with Crippen LogP contribution < -0.4 is 0 Å². The van der Waals surface area contributed by atoms with Gasteiger partial charge in [0.25, 0.3) is 0 Å². The highest BCUT2D eigenvalue weighted by Gasteiger charge is 2.12. The fourth-order valence-corrected chi connectivity index (χ4v) is 1.87. The van der Waals surface area contributed by atoms with Crippen molar-refractivity contribution in [2.24, 2.45) is 0 Å². The van der Waals surface area contributed by atoms with E-state index in [2.05, 4.69) is 32.8 Å². The monoisotopic (exact) mass is 327 g/mol. The van der Waals surface area contributed by atoms with Gasteiger partial charge in [-0.3, -0.25) is 4.79 Å². The molecule has 1 aromatic carbocycles. The van der Waals surface area contributed by atoms with Crippen LogP contribution in [0.4, 0.5) is 0 Å². The number of hydrogen-bond donors (Lipinski definition) is 0. The lowest BCUT2D eigenvalue weighted by atomic mass is 10.1. The first-order valence-corrected chi connectivity index (χ1v) is 6.31. The molecule has 2 rings (SSSR count). The van der Waals surface area contributed by atoms with Crippen molar-refractivity contribution in [1.29, 1.82) is 0 Å². The van der Waals surface area contributed by atoms with E-state index in [1.165, 1.54) is 4.80 Å². The molecule has 0 fully saturated rings. The summed E-state index contributed by atoms with van der Waals surface area (Å²) in [5, 5.41) is 8.09. The molecule has 1 aromatic heterocycles. The maximum Gasteiger partial charge on any atom is 0.174 e. The number of aromatic nitrogens is 3. The first kappa shape index (κ1) is 11.3. The quantitative estimate of drug-likeness (QED) is 0.493. The first-order chi connectivity index (χ1) is 7.72. The van der Waals surface area contributed by atoms with Crippen molar-refractivity contribution in [3.63, 3.8) is 0 Å². The third-order valence-corrected chi connectivity index (χ3v) is 2.90. The van der Waals surface area contributed by atoms with Gasteiger partial charge >= 0.3 is 0 Å². The van der Waals surface area contributed by atoms with E-state index in [1.54, 1.807) is 12.4 Å². The fraction of sp³-hybridized carbons (Fsp3) is 0.182. The molecule has 4 nitrogen and oxygen atoms in total. The summed E-state index contributed by atoms with van der Waals surface area (Å²) >= 11 is 2.06. The third-order valence-electron chi connectivity index (χ3n) is 2.21. The third kappa shape index (κ3) is 2.13. The molecule has 0 aliphatic heterocycles. The van der Waals surface area contributed by atoms with Gasteiger partial charge in [0, 0.05) is 5.56 Å². The highest BCUT2D eigenvalue weighted by molar-refractivity contribution is 14.1. The molecule has 16 heavy (non-hydrogen) atoms. The number of halogens is 1. The van der Waals surface area contributed by atoms with Crippen molar-refractivity contribution in [2.75, 3.05) is 4.43 Å². The Labute approximate surface area is 107 Å². The molecule has 0 radical (unpaired) electrons. The number of nitrogens with zero attached hydrogens (tertiary/aromatic N) is 3. The number of rotatable bonds is 3. The molecule has 0 saturated heterocycles. The van der Waals surface area contributed by atoms with Crippen molar-refractivity contribution < 1.29 is 4.79 Å². The zero-order chi connectivity index (χ0) is 11.5. The molecule has 0 aliphatic carbocycles. The Morgan fingerprint density at radius 3 is 2.69 bits per heavy atom. The van der Waals surface area contributed by atoms with Crippen LogP contribution in [0, 0.1) is 6.92 Å². The second-order valence-electron chi connectivity index (χ2n) is 3.40. The van der Waals surface area contributed by atoms with Crippen molar-refractivity contribution in [3.8, 4) is 5.69 Å². The van der Waals surface area contributed by atoms with E-state index in [9.17, 15) is 4.79 Å². The van der Waals surface area contributed by atoms with Gasteiger partial charge in [-0.25, -0.2) is 0 Å². The van der Waals surface area contributed by atoms with Crippen LogP contribution in [-0.4, -0.2) is 25.2 Å². The topological polar surface area (TPSA) is 47.8 Å². The fourth-order valence-electron chi connectivity index (χ4n) is 1.46. The van der Waals surface area contributed by atoms with Crippen LogP contribution in [-0.2, 0) is 0 Å². The maximum atomic E-state index is 11.8. The molecule has 5 heteroatoms. The average Bonchev–Trinajstić information content (AvgIpc) is 2.81. The summed E-state index contributed by atoms with van der Waals surface area (Å²) in [5.74, 6) is 0.0941. The number of hydrogen-bond acceptors (Lipinski definition) is 3. The molecule has 82 valence electrons. The van der Waals surface area contributed by atoms with Crippen LogP contribution in [0.15, 0.2) is 30.6 Å². The number of benzene rings is 1. The highest BCUT2D eigenvalue weighted by Crippen LogP contribution is 2.16. The predicted molar refractivity (Wildman–Crippen MR) is 69.3 cm³/mol. The highest BCUT2D eigenvalue weighted by atomic mass is 127. The van der Waals surface area contributed by atoms with Crippen LogP contribution in [0.2, 0.25) is 0 Å². The van der Waals surface area contributed by atoms with Gasteiger partial charge in [-0.05, 0) is 19.1 Å². The van der Waals surface area contributed by atoms with Crippen LogP contribution in [0.1, 0.15) is 15.9 Å². The summed E-state index contributed by atoms with van der Waals surface area (Å²) in [6, 6.07) is 5.69. The molecule has 0 saturated carbocycles. The molecule has 0 aliphatic rings. The summed E-state index contributed by atoms with van der Waals surface area (Å²) in [5.41, 5.74) is 2.46. The van der Waals surface area contributed by atoms with Gasteiger partial charge in [0.15, 0.2) is 5.78 Å². The van der Waals surface area contributed by atoms with E-state index < -0.39 is 0 Å². The smallest absolute Gasteiger partial charge is 0.174 e. The molecule has 0 bridgehead atoms.